The summed E-state index contributed by atoms with van der Waals surface area (Å²) in [5.41, 5.74) is 1.39. The molecule has 2 N–H and O–H groups in total. The van der Waals surface area contributed by atoms with Crippen LogP contribution in [0.2, 0.25) is 0 Å². The molecule has 1 unspecified atom stereocenters. The third kappa shape index (κ3) is 9.20. The molecule has 0 spiro atoms. The lowest BCUT2D eigenvalue weighted by Crippen LogP contribution is -2.19. The summed E-state index contributed by atoms with van der Waals surface area (Å²) in [6, 6.07) is 0. The lowest BCUT2D eigenvalue weighted by atomic mass is 9.86. The van der Waals surface area contributed by atoms with Gasteiger partial charge < -0.3 is 10.2 Å². The number of aliphatic hydroxyl groups excluding tert-OH is 1. The fraction of sp³-hybridized carbons (Fsp3) is 0.810. The van der Waals surface area contributed by atoms with Crippen LogP contribution in [0.5, 0.6) is 0 Å². The molecule has 0 aromatic heterocycles. The predicted octanol–water partition coefficient (Wildman–Crippen LogP) is 4.89. The number of carbonyl (C=O) groups is 2. The molecule has 1 aliphatic rings. The van der Waals surface area contributed by atoms with Crippen molar-refractivity contribution in [2.75, 3.05) is 0 Å². The summed E-state index contributed by atoms with van der Waals surface area (Å²) in [6.45, 7) is 4.27. The average Bonchev–Trinajstić information content (AvgIpc) is 2.90. The van der Waals surface area contributed by atoms with Crippen LogP contribution in [-0.4, -0.2) is 28.1 Å². The van der Waals surface area contributed by atoms with Gasteiger partial charge in [-0.25, -0.2) is 4.79 Å². The number of Topliss-reactive ketones (excluding diaryl/α,β-unsaturated/α-hetero) is 1. The average molecular weight is 353 g/mol. The van der Waals surface area contributed by atoms with Crippen LogP contribution >= 0.6 is 0 Å². The number of rotatable bonds is 13. The number of allylic oxidation sites excluding steroid dienone is 2. The van der Waals surface area contributed by atoms with E-state index in [4.69, 9.17) is 5.11 Å². The van der Waals surface area contributed by atoms with Gasteiger partial charge in [-0.3, -0.25) is 4.79 Å². The Hall–Kier alpha value is -1.16. The van der Waals surface area contributed by atoms with Crippen molar-refractivity contribution >= 4 is 11.8 Å². The molecule has 0 heterocycles. The largest absolute Gasteiger partial charge is 0.479 e. The summed E-state index contributed by atoms with van der Waals surface area (Å²) in [7, 11) is 0. The Balaban J connectivity index is 2.17. The van der Waals surface area contributed by atoms with Crippen molar-refractivity contribution in [2.24, 2.45) is 11.8 Å². The van der Waals surface area contributed by atoms with Crippen LogP contribution in [0.4, 0.5) is 0 Å². The highest BCUT2D eigenvalue weighted by molar-refractivity contribution is 5.83. The van der Waals surface area contributed by atoms with E-state index in [0.29, 0.717) is 24.5 Å². The van der Waals surface area contributed by atoms with Crippen molar-refractivity contribution in [3.63, 3.8) is 0 Å². The fourth-order valence-corrected chi connectivity index (χ4v) is 3.84. The maximum Gasteiger partial charge on any atom is 0.332 e. The molecule has 1 aliphatic carbocycles. The molecule has 0 saturated heterocycles. The zero-order chi connectivity index (χ0) is 18.7. The van der Waals surface area contributed by atoms with Crippen molar-refractivity contribution in [1.82, 2.24) is 0 Å². The maximum absolute atomic E-state index is 12.1. The summed E-state index contributed by atoms with van der Waals surface area (Å²) in [5.74, 6) is 0.0680. The van der Waals surface area contributed by atoms with Crippen molar-refractivity contribution < 1.29 is 19.8 Å². The van der Waals surface area contributed by atoms with Crippen LogP contribution < -0.4 is 0 Å². The molecule has 25 heavy (non-hydrogen) atoms. The molecule has 144 valence electrons. The first-order chi connectivity index (χ1) is 11.9. The van der Waals surface area contributed by atoms with Crippen LogP contribution in [-0.2, 0) is 9.59 Å². The second-order valence-corrected chi connectivity index (χ2v) is 7.78. The Bertz CT molecular complexity index is 437. The van der Waals surface area contributed by atoms with Gasteiger partial charge in [0.05, 0.1) is 0 Å². The van der Waals surface area contributed by atoms with Crippen LogP contribution in [0, 0.1) is 11.8 Å². The highest BCUT2D eigenvalue weighted by Gasteiger charge is 2.33. The van der Waals surface area contributed by atoms with E-state index < -0.39 is 12.1 Å². The van der Waals surface area contributed by atoms with E-state index in [-0.39, 0.29) is 5.92 Å². The van der Waals surface area contributed by atoms with Crippen LogP contribution in [0.25, 0.3) is 0 Å². The van der Waals surface area contributed by atoms with Gasteiger partial charge >= 0.3 is 5.97 Å². The Morgan fingerprint density at radius 3 is 2.48 bits per heavy atom. The van der Waals surface area contributed by atoms with E-state index in [0.717, 1.165) is 38.5 Å². The van der Waals surface area contributed by atoms with E-state index >= 15 is 0 Å². The van der Waals surface area contributed by atoms with Crippen LogP contribution in [0.15, 0.2) is 11.6 Å². The van der Waals surface area contributed by atoms with Gasteiger partial charge in [0.15, 0.2) is 6.10 Å². The highest BCUT2D eigenvalue weighted by Crippen LogP contribution is 2.36. The van der Waals surface area contributed by atoms with Crippen LogP contribution in [0.3, 0.4) is 0 Å². The topological polar surface area (TPSA) is 74.6 Å². The van der Waals surface area contributed by atoms with E-state index in [1.807, 2.05) is 0 Å². The SMILES string of the molecule is CC(C)=CCCCCC[C@H]1CCC(=O)[C@@H]1CCCCCC(O)C(=O)O. The number of ketones is 1. The number of carboxylic acid groups (broad SMARTS) is 1. The quantitative estimate of drug-likeness (QED) is 0.365. The summed E-state index contributed by atoms with van der Waals surface area (Å²) >= 11 is 0. The first-order valence-electron chi connectivity index (χ1n) is 9.98. The molecule has 1 saturated carbocycles. The zero-order valence-corrected chi connectivity index (χ0v) is 16.0. The fourth-order valence-electron chi connectivity index (χ4n) is 3.84. The lowest BCUT2D eigenvalue weighted by molar-refractivity contribution is -0.146. The minimum atomic E-state index is -1.24. The molecule has 0 radical (unpaired) electrons. The van der Waals surface area contributed by atoms with Gasteiger partial charge in [0.25, 0.3) is 0 Å². The van der Waals surface area contributed by atoms with Gasteiger partial charge in [-0.1, -0.05) is 43.8 Å². The van der Waals surface area contributed by atoms with E-state index in [1.54, 1.807) is 0 Å². The first kappa shape index (κ1) is 21.9. The lowest BCUT2D eigenvalue weighted by Gasteiger charge is -2.18. The number of hydrogen-bond acceptors (Lipinski definition) is 3. The molecule has 4 nitrogen and oxygen atoms in total. The smallest absolute Gasteiger partial charge is 0.332 e. The monoisotopic (exact) mass is 352 g/mol. The second kappa shape index (κ2) is 12.2. The normalized spacial score (nSPS) is 21.3. The number of carbonyl (C=O) groups excluding carboxylic acids is 1. The molecule has 0 amide bonds. The minimum Gasteiger partial charge on any atom is -0.479 e. The third-order valence-electron chi connectivity index (χ3n) is 5.35. The van der Waals surface area contributed by atoms with Gasteiger partial charge in [-0.05, 0) is 58.3 Å². The second-order valence-electron chi connectivity index (χ2n) is 7.78. The number of aliphatic hydroxyl groups is 1. The molecule has 3 atom stereocenters. The van der Waals surface area contributed by atoms with Gasteiger partial charge in [0.1, 0.15) is 5.78 Å². The minimum absolute atomic E-state index is 0.224. The predicted molar refractivity (Wildman–Crippen MR) is 100 cm³/mol. The van der Waals surface area contributed by atoms with Gasteiger partial charge in [0.2, 0.25) is 0 Å². The number of hydrogen-bond donors (Lipinski definition) is 2. The molecular formula is C21H36O4. The Kier molecular flexibility index (Phi) is 10.7. The molecular weight excluding hydrogens is 316 g/mol. The molecule has 0 aromatic carbocycles. The standard InChI is InChI=1S/C21H36O4/c1-16(2)10-6-3-4-7-11-17-14-15-19(22)18(17)12-8-5-9-13-20(23)21(24)25/h10,17-18,20,23H,3-9,11-15H2,1-2H3,(H,24,25)/t17-,18+,20?/m0/s1. The Morgan fingerprint density at radius 2 is 1.80 bits per heavy atom. The number of aliphatic carboxylic acids is 1. The van der Waals surface area contributed by atoms with Crippen molar-refractivity contribution in [3.8, 4) is 0 Å². The van der Waals surface area contributed by atoms with Gasteiger partial charge in [-0.2, -0.15) is 0 Å². The molecule has 0 aromatic rings. The van der Waals surface area contributed by atoms with E-state index in [9.17, 15) is 14.7 Å². The number of unbranched alkanes of at least 4 members (excludes halogenated alkanes) is 5. The van der Waals surface area contributed by atoms with Crippen LogP contribution in [0.1, 0.15) is 90.9 Å². The Morgan fingerprint density at radius 1 is 1.12 bits per heavy atom. The molecule has 0 bridgehead atoms. The summed E-state index contributed by atoms with van der Waals surface area (Å²) in [5, 5.41) is 17.9. The first-order valence-corrected chi connectivity index (χ1v) is 9.98. The molecule has 1 rings (SSSR count). The van der Waals surface area contributed by atoms with Crippen molar-refractivity contribution in [1.29, 1.82) is 0 Å². The van der Waals surface area contributed by atoms with E-state index in [1.165, 1.54) is 31.3 Å². The summed E-state index contributed by atoms with van der Waals surface area (Å²) in [4.78, 5) is 22.7. The van der Waals surface area contributed by atoms with Gasteiger partial charge in [-0.15, -0.1) is 0 Å². The molecule has 0 aliphatic heterocycles. The third-order valence-corrected chi connectivity index (χ3v) is 5.35. The van der Waals surface area contributed by atoms with Crippen molar-refractivity contribution in [3.05, 3.63) is 11.6 Å². The maximum atomic E-state index is 12.1. The molecule has 4 heteroatoms. The summed E-state index contributed by atoms with van der Waals surface area (Å²) < 4.78 is 0. The van der Waals surface area contributed by atoms with Crippen molar-refractivity contribution in [2.45, 2.75) is 97.0 Å². The number of carboxylic acids is 1. The van der Waals surface area contributed by atoms with Gasteiger partial charge in [0, 0.05) is 12.3 Å². The highest BCUT2D eigenvalue weighted by atomic mass is 16.4. The summed E-state index contributed by atoms with van der Waals surface area (Å²) in [6.07, 6.45) is 12.7. The molecule has 1 fully saturated rings. The Labute approximate surface area is 152 Å². The van der Waals surface area contributed by atoms with E-state index in [2.05, 4.69) is 19.9 Å². The zero-order valence-electron chi connectivity index (χ0n) is 16.0.